The van der Waals surface area contributed by atoms with E-state index in [1.54, 1.807) is 13.0 Å². The van der Waals surface area contributed by atoms with E-state index in [-0.39, 0.29) is 12.0 Å². The number of nitrogens with one attached hydrogen (secondary N) is 1. The summed E-state index contributed by atoms with van der Waals surface area (Å²) in [6.45, 7) is 1.59. The Morgan fingerprint density at radius 1 is 1.19 bits per heavy atom. The summed E-state index contributed by atoms with van der Waals surface area (Å²) in [4.78, 5) is 33.9. The number of benzene rings is 1. The van der Waals surface area contributed by atoms with Crippen molar-refractivity contribution in [3.8, 4) is 0 Å². The lowest BCUT2D eigenvalue weighted by molar-refractivity contribution is -0.150. The first-order valence-electron chi connectivity index (χ1n) is 6.42. The van der Waals surface area contributed by atoms with E-state index in [1.807, 2.05) is 0 Å². The van der Waals surface area contributed by atoms with Crippen LogP contribution in [0.3, 0.4) is 0 Å². The molecule has 0 saturated carbocycles. The van der Waals surface area contributed by atoms with Gasteiger partial charge in [0.1, 0.15) is 6.10 Å². The van der Waals surface area contributed by atoms with Gasteiger partial charge in [-0.15, -0.1) is 0 Å². The van der Waals surface area contributed by atoms with Crippen LogP contribution in [0.1, 0.15) is 28.8 Å². The lowest BCUT2D eigenvalue weighted by atomic mass is 10.1. The number of rotatable bonds is 4. The number of hydrogen-bond donors (Lipinski definition) is 3. The quantitative estimate of drug-likeness (QED) is 0.770. The number of aromatic carboxylic acids is 1. The van der Waals surface area contributed by atoms with E-state index >= 15 is 0 Å². The van der Waals surface area contributed by atoms with E-state index < -0.39 is 30.1 Å². The summed E-state index contributed by atoms with van der Waals surface area (Å²) in [6.07, 6.45) is -1.20. The number of carboxylic acid groups (broad SMARTS) is 2. The van der Waals surface area contributed by atoms with E-state index in [2.05, 4.69) is 5.32 Å². The minimum Gasteiger partial charge on any atom is -0.479 e. The predicted octanol–water partition coefficient (Wildman–Crippen LogP) is 1.26. The van der Waals surface area contributed by atoms with E-state index in [9.17, 15) is 14.4 Å². The zero-order valence-electron chi connectivity index (χ0n) is 11.3. The molecular weight excluding hydrogens is 278 g/mol. The van der Waals surface area contributed by atoms with Crippen molar-refractivity contribution in [2.75, 3.05) is 5.32 Å². The standard InChI is InChI=1S/C14H15NO6/c1-7-8(13(17)18)3-2-4-9(7)15-12(16)10-5-6-11(21-10)14(19)20/h2-4,10-11H,5-6H2,1H3,(H,15,16)(H,17,18)(H,19,20)/t10-,11+/m0/s1. The van der Waals surface area contributed by atoms with Crippen LogP contribution < -0.4 is 5.32 Å². The zero-order chi connectivity index (χ0) is 15.6. The molecule has 1 aromatic rings. The number of carbonyl (C=O) groups is 3. The van der Waals surface area contributed by atoms with Gasteiger partial charge in [0, 0.05) is 5.69 Å². The molecule has 1 fully saturated rings. The molecule has 2 atom stereocenters. The fourth-order valence-corrected chi connectivity index (χ4v) is 2.23. The molecule has 7 heteroatoms. The SMILES string of the molecule is Cc1c(NC(=O)[C@@H]2CC[C@H](C(=O)O)O2)cccc1C(=O)O. The van der Waals surface area contributed by atoms with E-state index in [1.165, 1.54) is 12.1 Å². The molecule has 0 bridgehead atoms. The first-order chi connectivity index (χ1) is 9.90. The largest absolute Gasteiger partial charge is 0.479 e. The lowest BCUT2D eigenvalue weighted by Gasteiger charge is -2.14. The highest BCUT2D eigenvalue weighted by Gasteiger charge is 2.34. The fourth-order valence-electron chi connectivity index (χ4n) is 2.23. The maximum atomic E-state index is 12.0. The van der Waals surface area contributed by atoms with Crippen molar-refractivity contribution in [2.24, 2.45) is 0 Å². The third kappa shape index (κ3) is 3.19. The van der Waals surface area contributed by atoms with Gasteiger partial charge in [-0.05, 0) is 37.5 Å². The highest BCUT2D eigenvalue weighted by Crippen LogP contribution is 2.23. The molecule has 1 amide bonds. The Labute approximate surface area is 120 Å². The monoisotopic (exact) mass is 293 g/mol. The number of ether oxygens (including phenoxy) is 1. The van der Waals surface area contributed by atoms with Crippen LogP contribution >= 0.6 is 0 Å². The molecule has 1 saturated heterocycles. The molecule has 112 valence electrons. The molecule has 1 aromatic carbocycles. The third-order valence-corrected chi connectivity index (χ3v) is 3.41. The highest BCUT2D eigenvalue weighted by molar-refractivity contribution is 5.98. The van der Waals surface area contributed by atoms with Crippen LogP contribution in [0.15, 0.2) is 18.2 Å². The van der Waals surface area contributed by atoms with Crippen molar-refractivity contribution < 1.29 is 29.3 Å². The summed E-state index contributed by atoms with van der Waals surface area (Å²) in [7, 11) is 0. The van der Waals surface area contributed by atoms with Gasteiger partial charge >= 0.3 is 11.9 Å². The van der Waals surface area contributed by atoms with Crippen molar-refractivity contribution in [3.05, 3.63) is 29.3 Å². The van der Waals surface area contributed by atoms with Crippen LogP contribution in [0, 0.1) is 6.92 Å². The average Bonchev–Trinajstić information content (AvgIpc) is 2.90. The Bertz CT molecular complexity index is 597. The Hall–Kier alpha value is -2.41. The van der Waals surface area contributed by atoms with Gasteiger partial charge in [-0.2, -0.15) is 0 Å². The minimum absolute atomic E-state index is 0.101. The van der Waals surface area contributed by atoms with E-state index in [4.69, 9.17) is 14.9 Å². The van der Waals surface area contributed by atoms with Gasteiger partial charge < -0.3 is 20.3 Å². The van der Waals surface area contributed by atoms with Crippen molar-refractivity contribution in [2.45, 2.75) is 32.0 Å². The minimum atomic E-state index is -1.09. The molecule has 21 heavy (non-hydrogen) atoms. The molecular formula is C14H15NO6. The zero-order valence-corrected chi connectivity index (χ0v) is 11.3. The summed E-state index contributed by atoms with van der Waals surface area (Å²) in [5, 5.41) is 20.4. The van der Waals surface area contributed by atoms with Gasteiger partial charge in [0.25, 0.3) is 5.91 Å². The first-order valence-corrected chi connectivity index (χ1v) is 6.42. The molecule has 3 N–H and O–H groups in total. The average molecular weight is 293 g/mol. The molecule has 0 spiro atoms. The van der Waals surface area contributed by atoms with E-state index in [0.29, 0.717) is 17.7 Å². The molecule has 1 aliphatic rings. The number of anilines is 1. The van der Waals surface area contributed by atoms with Crippen molar-refractivity contribution >= 4 is 23.5 Å². The normalized spacial score (nSPS) is 21.0. The summed E-state index contributed by atoms with van der Waals surface area (Å²) in [5.41, 5.74) is 0.914. The van der Waals surface area contributed by atoms with Crippen LogP contribution in [-0.4, -0.2) is 40.3 Å². The van der Waals surface area contributed by atoms with Crippen LogP contribution in [0.25, 0.3) is 0 Å². The van der Waals surface area contributed by atoms with Gasteiger partial charge in [0.2, 0.25) is 0 Å². The van der Waals surface area contributed by atoms with Crippen LogP contribution in [0.4, 0.5) is 5.69 Å². The summed E-state index contributed by atoms with van der Waals surface area (Å²) < 4.78 is 5.15. The maximum absolute atomic E-state index is 12.0. The van der Waals surface area contributed by atoms with Gasteiger partial charge in [-0.3, -0.25) is 4.79 Å². The van der Waals surface area contributed by atoms with Gasteiger partial charge in [0.15, 0.2) is 6.10 Å². The molecule has 0 aliphatic carbocycles. The molecule has 0 unspecified atom stereocenters. The van der Waals surface area contributed by atoms with Crippen molar-refractivity contribution in [1.29, 1.82) is 0 Å². The Morgan fingerprint density at radius 3 is 2.43 bits per heavy atom. The summed E-state index contributed by atoms with van der Waals surface area (Å²) in [6, 6.07) is 4.56. The number of carboxylic acids is 2. The number of amides is 1. The second-order valence-electron chi connectivity index (χ2n) is 4.80. The molecule has 1 aliphatic heterocycles. The number of aliphatic carboxylic acids is 1. The predicted molar refractivity (Wildman–Crippen MR) is 72.3 cm³/mol. The van der Waals surface area contributed by atoms with Crippen molar-refractivity contribution in [1.82, 2.24) is 0 Å². The molecule has 0 radical (unpaired) electrons. The highest BCUT2D eigenvalue weighted by atomic mass is 16.5. The first kappa shape index (κ1) is 15.0. The van der Waals surface area contributed by atoms with Crippen LogP contribution in [0.5, 0.6) is 0 Å². The fraction of sp³-hybridized carbons (Fsp3) is 0.357. The van der Waals surface area contributed by atoms with Crippen molar-refractivity contribution in [3.63, 3.8) is 0 Å². The van der Waals surface area contributed by atoms with E-state index in [0.717, 1.165) is 0 Å². The molecule has 2 rings (SSSR count). The topological polar surface area (TPSA) is 113 Å². The summed E-state index contributed by atoms with van der Waals surface area (Å²) >= 11 is 0. The number of carbonyl (C=O) groups excluding carboxylic acids is 1. The van der Waals surface area contributed by atoms with Gasteiger partial charge in [-0.25, -0.2) is 9.59 Å². The Morgan fingerprint density at radius 2 is 1.86 bits per heavy atom. The summed E-state index contributed by atoms with van der Waals surface area (Å²) in [5.74, 6) is -2.63. The second kappa shape index (κ2) is 5.92. The van der Waals surface area contributed by atoms with Gasteiger partial charge in [0.05, 0.1) is 5.56 Å². The van der Waals surface area contributed by atoms with Gasteiger partial charge in [-0.1, -0.05) is 6.07 Å². The number of hydrogen-bond acceptors (Lipinski definition) is 4. The molecule has 7 nitrogen and oxygen atoms in total. The smallest absolute Gasteiger partial charge is 0.336 e. The Kier molecular flexibility index (Phi) is 4.23. The second-order valence-corrected chi connectivity index (χ2v) is 4.80. The maximum Gasteiger partial charge on any atom is 0.336 e. The Balaban J connectivity index is 2.09. The third-order valence-electron chi connectivity index (χ3n) is 3.41. The van der Waals surface area contributed by atoms with Crippen LogP contribution in [-0.2, 0) is 14.3 Å². The molecule has 1 heterocycles. The lowest BCUT2D eigenvalue weighted by Crippen LogP contribution is -2.30. The van der Waals surface area contributed by atoms with Crippen LogP contribution in [0.2, 0.25) is 0 Å². The molecule has 0 aromatic heterocycles.